The number of thiazole rings is 1. The van der Waals surface area contributed by atoms with Crippen LogP contribution in [0.15, 0.2) is 66.8 Å². The second-order valence-electron chi connectivity index (χ2n) is 8.63. The van der Waals surface area contributed by atoms with Crippen LogP contribution in [0.1, 0.15) is 23.8 Å². The predicted octanol–water partition coefficient (Wildman–Crippen LogP) is 2.46. The molecule has 1 aliphatic rings. The maximum atomic E-state index is 11.6. The topological polar surface area (TPSA) is 169 Å². The third kappa shape index (κ3) is 6.53. The Labute approximate surface area is 223 Å². The lowest BCUT2D eigenvalue weighted by Gasteiger charge is -2.19. The number of carbonyl (C=O) groups excluding carboxylic acids is 1. The first-order valence-electron chi connectivity index (χ1n) is 12.0. The lowest BCUT2D eigenvalue weighted by molar-refractivity contribution is -0.116. The number of aromatic nitrogens is 4. The van der Waals surface area contributed by atoms with Gasteiger partial charge in [-0.3, -0.25) is 4.79 Å². The molecule has 11 nitrogen and oxygen atoms in total. The molecule has 12 heteroatoms. The van der Waals surface area contributed by atoms with E-state index in [4.69, 9.17) is 15.6 Å². The molecule has 3 atom stereocenters. The summed E-state index contributed by atoms with van der Waals surface area (Å²) >= 11 is 1.48. The standard InChI is InChI=1S/C14H16N2O2S.C12H14N4O3/c1-11-10-15-14(19-11)16-13(17)8-5-9-18-12-6-3-2-4-7-12;13-12-9-7(1-2-14-12)16(5-15-9)8-3-6(4-17)10(18)11(8)19/h2-4,6-7,10H,5,8-9H2,1H3,(H,15,16,17);1-3,5,8,10-11,17-19H,4H2,(H2,13,14)/t;8-,10-,11+/m.1/s1. The van der Waals surface area contributed by atoms with E-state index in [9.17, 15) is 15.0 Å². The predicted molar refractivity (Wildman–Crippen MR) is 145 cm³/mol. The summed E-state index contributed by atoms with van der Waals surface area (Å²) in [4.78, 5) is 24.9. The van der Waals surface area contributed by atoms with Crippen LogP contribution < -0.4 is 15.8 Å². The maximum absolute atomic E-state index is 11.6. The minimum absolute atomic E-state index is 0.0222. The molecule has 1 aliphatic carbocycles. The number of nitrogens with one attached hydrogen (secondary N) is 1. The normalized spacial score (nSPS) is 18.5. The van der Waals surface area contributed by atoms with Gasteiger partial charge in [0.1, 0.15) is 23.5 Å². The molecule has 0 saturated carbocycles. The molecule has 0 unspecified atom stereocenters. The smallest absolute Gasteiger partial charge is 0.226 e. The zero-order chi connectivity index (χ0) is 27.1. The zero-order valence-electron chi connectivity index (χ0n) is 20.8. The lowest BCUT2D eigenvalue weighted by Crippen LogP contribution is -2.29. The van der Waals surface area contributed by atoms with Crippen LogP contribution in [-0.4, -0.2) is 66.2 Å². The summed E-state index contributed by atoms with van der Waals surface area (Å²) < 4.78 is 7.23. The van der Waals surface area contributed by atoms with Crippen LogP contribution in [0.4, 0.5) is 10.9 Å². The molecule has 0 spiro atoms. The molecule has 0 bridgehead atoms. The molecule has 6 N–H and O–H groups in total. The van der Waals surface area contributed by atoms with Crippen molar-refractivity contribution < 1.29 is 24.9 Å². The van der Waals surface area contributed by atoms with Gasteiger partial charge in [0.05, 0.1) is 31.1 Å². The largest absolute Gasteiger partial charge is 0.494 e. The first-order valence-corrected chi connectivity index (χ1v) is 12.8. The average molecular weight is 539 g/mol. The number of aliphatic hydroxyl groups is 3. The number of nitrogen functional groups attached to an aromatic ring is 1. The fourth-order valence-electron chi connectivity index (χ4n) is 3.97. The van der Waals surface area contributed by atoms with Crippen LogP contribution in [0.5, 0.6) is 5.75 Å². The number of aryl methyl sites for hydroxylation is 1. The fourth-order valence-corrected chi connectivity index (χ4v) is 4.65. The van der Waals surface area contributed by atoms with E-state index in [1.54, 1.807) is 35.4 Å². The number of nitrogens with two attached hydrogens (primary N) is 1. The molecular formula is C26H30N6O5S. The van der Waals surface area contributed by atoms with E-state index in [2.05, 4.69) is 20.3 Å². The maximum Gasteiger partial charge on any atom is 0.226 e. The third-order valence-corrected chi connectivity index (χ3v) is 6.72. The van der Waals surface area contributed by atoms with Gasteiger partial charge in [0.15, 0.2) is 10.9 Å². The summed E-state index contributed by atoms with van der Waals surface area (Å²) in [6.07, 6.45) is 5.54. The number of aliphatic hydroxyl groups excluding tert-OH is 3. The Hall–Kier alpha value is -3.84. The molecular weight excluding hydrogens is 508 g/mol. The third-order valence-electron chi connectivity index (χ3n) is 5.89. The van der Waals surface area contributed by atoms with Gasteiger partial charge in [0.2, 0.25) is 5.91 Å². The Bertz CT molecular complexity index is 1390. The van der Waals surface area contributed by atoms with Gasteiger partial charge in [-0.25, -0.2) is 15.0 Å². The van der Waals surface area contributed by atoms with Crippen molar-refractivity contribution in [1.82, 2.24) is 19.5 Å². The van der Waals surface area contributed by atoms with Crippen molar-refractivity contribution >= 4 is 39.2 Å². The van der Waals surface area contributed by atoms with Gasteiger partial charge in [-0.05, 0) is 37.1 Å². The van der Waals surface area contributed by atoms with Crippen molar-refractivity contribution in [1.29, 1.82) is 0 Å². The summed E-state index contributed by atoms with van der Waals surface area (Å²) in [5, 5.41) is 32.4. The average Bonchev–Trinajstić information content (AvgIpc) is 3.61. The van der Waals surface area contributed by atoms with E-state index in [1.165, 1.54) is 11.3 Å². The number of pyridine rings is 1. The fraction of sp³-hybridized carbons (Fsp3) is 0.308. The van der Waals surface area contributed by atoms with Gasteiger partial charge < -0.3 is 35.7 Å². The molecule has 5 rings (SSSR count). The number of amides is 1. The van der Waals surface area contributed by atoms with Gasteiger partial charge in [-0.2, -0.15) is 0 Å². The minimum Gasteiger partial charge on any atom is -0.494 e. The molecule has 4 aromatic rings. The Morgan fingerprint density at radius 3 is 2.66 bits per heavy atom. The number of hydrogen-bond donors (Lipinski definition) is 5. The Morgan fingerprint density at radius 1 is 1.18 bits per heavy atom. The van der Waals surface area contributed by atoms with Gasteiger partial charge in [-0.15, -0.1) is 11.3 Å². The second-order valence-corrected chi connectivity index (χ2v) is 9.87. The van der Waals surface area contributed by atoms with E-state index in [1.807, 2.05) is 37.3 Å². The SMILES string of the molecule is Cc1cnc(NC(=O)CCCOc2ccccc2)s1.Nc1nccc2c1ncn2[C@@H]1C=C(CO)[C@@H](O)[C@H]1O. The number of anilines is 2. The number of fused-ring (bicyclic) bond motifs is 1. The first kappa shape index (κ1) is 27.2. The number of para-hydroxylation sites is 1. The van der Waals surface area contributed by atoms with Crippen LogP contribution in [0, 0.1) is 6.92 Å². The molecule has 1 amide bonds. The monoisotopic (exact) mass is 538 g/mol. The summed E-state index contributed by atoms with van der Waals surface area (Å²) in [7, 11) is 0. The van der Waals surface area contributed by atoms with Gasteiger partial charge in [-0.1, -0.05) is 24.3 Å². The first-order chi connectivity index (χ1) is 18.4. The number of imidazole rings is 1. The number of rotatable bonds is 8. The van der Waals surface area contributed by atoms with Crippen molar-refractivity contribution in [3.05, 3.63) is 71.6 Å². The number of nitrogens with zero attached hydrogens (tertiary/aromatic N) is 4. The summed E-state index contributed by atoms with van der Waals surface area (Å²) in [6, 6.07) is 10.8. The second kappa shape index (κ2) is 12.6. The van der Waals surface area contributed by atoms with Crippen molar-refractivity contribution in [2.24, 2.45) is 0 Å². The minimum atomic E-state index is -1.06. The van der Waals surface area contributed by atoms with E-state index in [0.717, 1.165) is 16.1 Å². The van der Waals surface area contributed by atoms with E-state index < -0.39 is 18.2 Å². The molecule has 1 aromatic carbocycles. The number of benzene rings is 1. The molecule has 0 radical (unpaired) electrons. The van der Waals surface area contributed by atoms with Crippen molar-refractivity contribution in [2.45, 2.75) is 38.0 Å². The Balaban J connectivity index is 0.000000177. The summed E-state index contributed by atoms with van der Waals surface area (Å²) in [6.45, 7) is 2.21. The van der Waals surface area contributed by atoms with E-state index in [-0.39, 0.29) is 12.5 Å². The van der Waals surface area contributed by atoms with E-state index in [0.29, 0.717) is 41.5 Å². The number of carbonyl (C=O) groups is 1. The molecule has 200 valence electrons. The van der Waals surface area contributed by atoms with Crippen LogP contribution in [0.3, 0.4) is 0 Å². The van der Waals surface area contributed by atoms with Gasteiger partial charge >= 0.3 is 0 Å². The highest BCUT2D eigenvalue weighted by Crippen LogP contribution is 2.32. The van der Waals surface area contributed by atoms with Crippen LogP contribution >= 0.6 is 11.3 Å². The highest BCUT2D eigenvalue weighted by atomic mass is 32.1. The quantitative estimate of drug-likeness (QED) is 0.167. The zero-order valence-corrected chi connectivity index (χ0v) is 21.6. The lowest BCUT2D eigenvalue weighted by atomic mass is 10.1. The van der Waals surface area contributed by atoms with Gasteiger partial charge in [0.25, 0.3) is 0 Å². The number of ether oxygens (including phenoxy) is 1. The van der Waals surface area contributed by atoms with Crippen LogP contribution in [0.2, 0.25) is 0 Å². The van der Waals surface area contributed by atoms with Crippen LogP contribution in [0.25, 0.3) is 11.0 Å². The number of hydrogen-bond acceptors (Lipinski definition) is 10. The van der Waals surface area contributed by atoms with Crippen molar-refractivity contribution in [2.75, 3.05) is 24.3 Å². The molecule has 0 aliphatic heterocycles. The van der Waals surface area contributed by atoms with E-state index >= 15 is 0 Å². The Kier molecular flexibility index (Phi) is 9.02. The highest BCUT2D eigenvalue weighted by molar-refractivity contribution is 7.15. The summed E-state index contributed by atoms with van der Waals surface area (Å²) in [5.41, 5.74) is 7.41. The van der Waals surface area contributed by atoms with Crippen molar-refractivity contribution in [3.63, 3.8) is 0 Å². The van der Waals surface area contributed by atoms with Gasteiger partial charge in [0, 0.05) is 23.7 Å². The van der Waals surface area contributed by atoms with Crippen LogP contribution in [-0.2, 0) is 4.79 Å². The molecule has 3 heterocycles. The molecule has 0 saturated heterocycles. The molecule has 3 aromatic heterocycles. The molecule has 0 fully saturated rings. The molecule has 38 heavy (non-hydrogen) atoms. The summed E-state index contributed by atoms with van der Waals surface area (Å²) in [5.74, 6) is 1.13. The Morgan fingerprint density at radius 2 is 1.97 bits per heavy atom. The van der Waals surface area contributed by atoms with Crippen molar-refractivity contribution in [3.8, 4) is 5.75 Å². The highest BCUT2D eigenvalue weighted by Gasteiger charge is 2.35.